The van der Waals surface area contributed by atoms with Gasteiger partial charge in [0.25, 0.3) is 0 Å². The number of para-hydroxylation sites is 2. The van der Waals surface area contributed by atoms with E-state index in [4.69, 9.17) is 16.3 Å². The van der Waals surface area contributed by atoms with Crippen molar-refractivity contribution in [3.63, 3.8) is 0 Å². The monoisotopic (exact) mass is 355 g/mol. The van der Waals surface area contributed by atoms with Crippen LogP contribution in [0.2, 0.25) is 5.02 Å². The highest BCUT2D eigenvalue weighted by atomic mass is 35.5. The largest absolute Gasteiger partial charge is 0.492 e. The maximum atomic E-state index is 6.16. The molecular formula is C18H18ClN5O. The van der Waals surface area contributed by atoms with Gasteiger partial charge in [0.15, 0.2) is 5.82 Å². The van der Waals surface area contributed by atoms with Gasteiger partial charge in [0, 0.05) is 11.6 Å². The van der Waals surface area contributed by atoms with Gasteiger partial charge in [-0.3, -0.25) is 0 Å². The summed E-state index contributed by atoms with van der Waals surface area (Å²) in [5, 5.41) is 15.0. The molecular weight excluding hydrogens is 338 g/mol. The lowest BCUT2D eigenvalue weighted by Gasteiger charge is -2.11. The number of nitrogens with one attached hydrogen (secondary N) is 2. The van der Waals surface area contributed by atoms with Crippen LogP contribution in [-0.2, 0) is 6.54 Å². The molecule has 1 aromatic heterocycles. The zero-order chi connectivity index (χ0) is 17.5. The maximum absolute atomic E-state index is 6.16. The van der Waals surface area contributed by atoms with Gasteiger partial charge in [-0.2, -0.15) is 10.1 Å². The summed E-state index contributed by atoms with van der Waals surface area (Å²) in [6.07, 6.45) is 1.57. The van der Waals surface area contributed by atoms with Gasteiger partial charge in [0.2, 0.25) is 5.95 Å². The van der Waals surface area contributed by atoms with Crippen molar-refractivity contribution in [3.8, 4) is 5.75 Å². The SMILES string of the molecule is CCOc1ccccc1Nc1nncc(NCc2ccccc2Cl)n1. The molecule has 2 N–H and O–H groups in total. The third-order valence-corrected chi connectivity index (χ3v) is 3.78. The predicted octanol–water partition coefficient (Wildman–Crippen LogP) is 4.28. The molecule has 0 saturated carbocycles. The quantitative estimate of drug-likeness (QED) is 0.659. The van der Waals surface area contributed by atoms with Gasteiger partial charge >= 0.3 is 0 Å². The van der Waals surface area contributed by atoms with Gasteiger partial charge in [-0.15, -0.1) is 5.10 Å². The Balaban J connectivity index is 1.71. The molecule has 0 bridgehead atoms. The summed E-state index contributed by atoms with van der Waals surface area (Å²) in [7, 11) is 0. The topological polar surface area (TPSA) is 72.0 Å². The van der Waals surface area contributed by atoms with Crippen LogP contribution in [0, 0.1) is 0 Å². The molecule has 0 spiro atoms. The van der Waals surface area contributed by atoms with Crippen LogP contribution in [-0.4, -0.2) is 21.8 Å². The zero-order valence-electron chi connectivity index (χ0n) is 13.7. The fourth-order valence-electron chi connectivity index (χ4n) is 2.24. The Morgan fingerprint density at radius 3 is 2.72 bits per heavy atom. The van der Waals surface area contributed by atoms with Crippen LogP contribution in [0.25, 0.3) is 0 Å². The van der Waals surface area contributed by atoms with Crippen molar-refractivity contribution in [2.75, 3.05) is 17.2 Å². The average Bonchev–Trinajstić information content (AvgIpc) is 2.63. The van der Waals surface area contributed by atoms with Crippen LogP contribution in [0.3, 0.4) is 0 Å². The van der Waals surface area contributed by atoms with E-state index in [1.165, 1.54) is 0 Å². The number of hydrogen-bond acceptors (Lipinski definition) is 6. The molecule has 0 aliphatic heterocycles. The van der Waals surface area contributed by atoms with E-state index in [1.807, 2.05) is 55.5 Å². The Labute approximate surface area is 151 Å². The highest BCUT2D eigenvalue weighted by Gasteiger charge is 2.06. The molecule has 7 heteroatoms. The first-order valence-electron chi connectivity index (χ1n) is 7.92. The first-order chi connectivity index (χ1) is 12.3. The van der Waals surface area contributed by atoms with Gasteiger partial charge < -0.3 is 15.4 Å². The van der Waals surface area contributed by atoms with Gasteiger partial charge in [-0.1, -0.05) is 41.9 Å². The van der Waals surface area contributed by atoms with Crippen LogP contribution in [0.1, 0.15) is 12.5 Å². The van der Waals surface area contributed by atoms with Crippen molar-refractivity contribution in [1.29, 1.82) is 0 Å². The minimum absolute atomic E-state index is 0.385. The lowest BCUT2D eigenvalue weighted by atomic mass is 10.2. The first-order valence-corrected chi connectivity index (χ1v) is 8.30. The number of anilines is 3. The van der Waals surface area contributed by atoms with Crippen molar-refractivity contribution in [2.24, 2.45) is 0 Å². The fraction of sp³-hybridized carbons (Fsp3) is 0.167. The number of halogens is 1. The Hall–Kier alpha value is -2.86. The summed E-state index contributed by atoms with van der Waals surface area (Å²) < 4.78 is 5.59. The van der Waals surface area contributed by atoms with Crippen LogP contribution in [0.15, 0.2) is 54.7 Å². The Morgan fingerprint density at radius 2 is 1.88 bits per heavy atom. The maximum Gasteiger partial charge on any atom is 0.249 e. The number of ether oxygens (including phenoxy) is 1. The van der Waals surface area contributed by atoms with Crippen molar-refractivity contribution in [3.05, 3.63) is 65.3 Å². The molecule has 2 aromatic carbocycles. The summed E-state index contributed by atoms with van der Waals surface area (Å²) in [6.45, 7) is 3.07. The standard InChI is InChI=1S/C18H18ClN5O/c1-2-25-16-10-6-5-9-15(16)22-18-23-17(12-21-24-18)20-11-13-7-3-4-8-14(13)19/h3-10,12H,2,11H2,1H3,(H2,20,22,23,24). The predicted molar refractivity (Wildman–Crippen MR) is 99.5 cm³/mol. The summed E-state index contributed by atoms with van der Waals surface area (Å²) in [5.41, 5.74) is 1.77. The number of rotatable bonds is 7. The summed E-state index contributed by atoms with van der Waals surface area (Å²) in [5.74, 6) is 1.73. The molecule has 0 amide bonds. The van der Waals surface area contributed by atoms with E-state index >= 15 is 0 Å². The molecule has 0 fully saturated rings. The molecule has 0 saturated heterocycles. The summed E-state index contributed by atoms with van der Waals surface area (Å²) in [6, 6.07) is 15.3. The second-order valence-corrected chi connectivity index (χ2v) is 5.57. The number of benzene rings is 2. The van der Waals surface area contributed by atoms with Crippen molar-refractivity contribution < 1.29 is 4.74 Å². The highest BCUT2D eigenvalue weighted by Crippen LogP contribution is 2.26. The normalized spacial score (nSPS) is 10.3. The lowest BCUT2D eigenvalue weighted by molar-refractivity contribution is 0.342. The highest BCUT2D eigenvalue weighted by molar-refractivity contribution is 6.31. The summed E-state index contributed by atoms with van der Waals surface area (Å²) >= 11 is 6.16. The molecule has 6 nitrogen and oxygen atoms in total. The molecule has 0 aliphatic rings. The van der Waals surface area contributed by atoms with E-state index in [-0.39, 0.29) is 0 Å². The molecule has 0 unspecified atom stereocenters. The third kappa shape index (κ3) is 4.58. The molecule has 3 aromatic rings. The zero-order valence-corrected chi connectivity index (χ0v) is 14.5. The van der Waals surface area contributed by atoms with E-state index in [2.05, 4.69) is 25.8 Å². The van der Waals surface area contributed by atoms with Crippen molar-refractivity contribution in [1.82, 2.24) is 15.2 Å². The number of aromatic nitrogens is 3. The fourth-order valence-corrected chi connectivity index (χ4v) is 2.44. The Morgan fingerprint density at radius 1 is 1.08 bits per heavy atom. The van der Waals surface area contributed by atoms with Gasteiger partial charge in [0.05, 0.1) is 18.5 Å². The van der Waals surface area contributed by atoms with E-state index in [0.29, 0.717) is 29.9 Å². The average molecular weight is 356 g/mol. The van der Waals surface area contributed by atoms with Crippen LogP contribution in [0.5, 0.6) is 5.75 Å². The summed E-state index contributed by atoms with van der Waals surface area (Å²) in [4.78, 5) is 4.42. The van der Waals surface area contributed by atoms with E-state index in [0.717, 1.165) is 17.0 Å². The van der Waals surface area contributed by atoms with Crippen LogP contribution >= 0.6 is 11.6 Å². The molecule has 0 radical (unpaired) electrons. The molecule has 3 rings (SSSR count). The van der Waals surface area contributed by atoms with Gasteiger partial charge in [0.1, 0.15) is 5.75 Å². The van der Waals surface area contributed by atoms with Crippen LogP contribution < -0.4 is 15.4 Å². The smallest absolute Gasteiger partial charge is 0.249 e. The van der Waals surface area contributed by atoms with Gasteiger partial charge in [-0.05, 0) is 30.7 Å². The molecule has 0 atom stereocenters. The lowest BCUT2D eigenvalue weighted by Crippen LogP contribution is -2.06. The van der Waals surface area contributed by atoms with Gasteiger partial charge in [-0.25, -0.2) is 0 Å². The number of nitrogens with zero attached hydrogens (tertiary/aromatic N) is 3. The molecule has 128 valence electrons. The van der Waals surface area contributed by atoms with E-state index in [9.17, 15) is 0 Å². The first kappa shape index (κ1) is 17.0. The van der Waals surface area contributed by atoms with E-state index in [1.54, 1.807) is 6.20 Å². The molecule has 1 heterocycles. The second kappa shape index (κ2) is 8.30. The van der Waals surface area contributed by atoms with E-state index < -0.39 is 0 Å². The van der Waals surface area contributed by atoms with Crippen LogP contribution in [0.4, 0.5) is 17.5 Å². The van der Waals surface area contributed by atoms with Crippen molar-refractivity contribution >= 4 is 29.1 Å². The number of hydrogen-bond donors (Lipinski definition) is 2. The third-order valence-electron chi connectivity index (χ3n) is 3.41. The van der Waals surface area contributed by atoms with Crippen molar-refractivity contribution in [2.45, 2.75) is 13.5 Å². The Kier molecular flexibility index (Phi) is 5.64. The molecule has 0 aliphatic carbocycles. The second-order valence-electron chi connectivity index (χ2n) is 5.16. The molecule has 25 heavy (non-hydrogen) atoms. The minimum atomic E-state index is 0.385. The minimum Gasteiger partial charge on any atom is -0.492 e. The Bertz CT molecular complexity index is 843.